The molecule has 0 aliphatic heterocycles. The number of hydrogen-bond acceptors (Lipinski definition) is 11. The average Bonchev–Trinajstić information content (AvgIpc) is 4.12. The smallest absolute Gasteiger partial charge is 0.412 e. The Labute approximate surface area is 389 Å². The number of hydrogen-bond donors (Lipinski definition) is 4. The first-order valence-corrected chi connectivity index (χ1v) is 22.1. The molecule has 0 heterocycles. The summed E-state index contributed by atoms with van der Waals surface area (Å²) in [4.78, 5) is 74.9. The summed E-state index contributed by atoms with van der Waals surface area (Å²) in [5.74, 6) is -2.14. The summed E-state index contributed by atoms with van der Waals surface area (Å²) >= 11 is 0. The maximum atomic E-state index is 13.0. The summed E-state index contributed by atoms with van der Waals surface area (Å²) in [5.41, 5.74) is 5.38. The highest BCUT2D eigenvalue weighted by Crippen LogP contribution is 2.29. The Kier molecular flexibility index (Phi) is 17.5. The Morgan fingerprint density at radius 3 is 1.54 bits per heavy atom. The molecular weight excluding hydrogens is 859 g/mol. The van der Waals surface area contributed by atoms with Crippen molar-refractivity contribution in [2.24, 2.45) is 5.92 Å². The zero-order valence-corrected chi connectivity index (χ0v) is 37.5. The molecule has 350 valence electrons. The van der Waals surface area contributed by atoms with Crippen LogP contribution in [0.5, 0.6) is 0 Å². The zero-order chi connectivity index (χ0) is 47.6. The number of carbonyl (C=O) groups is 6. The molecule has 1 atom stereocenters. The van der Waals surface area contributed by atoms with Gasteiger partial charge in [-0.3, -0.25) is 25.5 Å². The van der Waals surface area contributed by atoms with Crippen molar-refractivity contribution in [3.63, 3.8) is 0 Å². The molecule has 6 rings (SSSR count). The summed E-state index contributed by atoms with van der Waals surface area (Å²) in [6.07, 6.45) is 2.02. The van der Waals surface area contributed by atoms with Gasteiger partial charge in [0, 0.05) is 17.1 Å². The van der Waals surface area contributed by atoms with E-state index < -0.39 is 42.4 Å². The van der Waals surface area contributed by atoms with E-state index >= 15 is 0 Å². The predicted molar refractivity (Wildman–Crippen MR) is 250 cm³/mol. The van der Waals surface area contributed by atoms with Gasteiger partial charge in [-0.2, -0.15) is 0 Å². The van der Waals surface area contributed by atoms with Gasteiger partial charge in [-0.15, -0.1) is 0 Å². The molecule has 0 bridgehead atoms. The van der Waals surface area contributed by atoms with Crippen LogP contribution in [0.25, 0.3) is 0 Å². The molecule has 0 aromatic heterocycles. The number of nitrogens with one attached hydrogen (secondary N) is 3. The number of rotatable bonds is 22. The van der Waals surface area contributed by atoms with Crippen molar-refractivity contribution in [3.05, 3.63) is 160 Å². The van der Waals surface area contributed by atoms with E-state index in [0.29, 0.717) is 60.8 Å². The second-order valence-electron chi connectivity index (χ2n) is 16.7. The van der Waals surface area contributed by atoms with E-state index in [1.54, 1.807) is 42.5 Å². The van der Waals surface area contributed by atoms with E-state index in [0.717, 1.165) is 53.1 Å². The monoisotopic (exact) mass is 913 g/mol. The second kappa shape index (κ2) is 24.0. The highest BCUT2D eigenvalue weighted by atomic mass is 16.6. The Morgan fingerprint density at radius 2 is 1.00 bits per heavy atom. The summed E-state index contributed by atoms with van der Waals surface area (Å²) in [5, 5.41) is 18.0. The number of benzene rings is 5. The SMILES string of the molecule is Cc1cccc(NC(=O)OCCCCOC(=O)Cc2cccc(Cc3cccc(CC(=O)OCC(C)(OC(=O)Nc4cccc(Cc5cccc(NC(=O)OCC6CC6)c5)c4)C(=O)O)c3)c2)c1. The molecule has 3 amide bonds. The summed E-state index contributed by atoms with van der Waals surface area (Å²) < 4.78 is 26.5. The maximum Gasteiger partial charge on any atom is 0.412 e. The predicted octanol–water partition coefficient (Wildman–Crippen LogP) is 9.43. The minimum atomic E-state index is -2.19. The maximum absolute atomic E-state index is 13.0. The van der Waals surface area contributed by atoms with Gasteiger partial charge in [0.1, 0.15) is 6.61 Å². The molecule has 67 heavy (non-hydrogen) atoms. The van der Waals surface area contributed by atoms with Crippen molar-refractivity contribution >= 4 is 53.2 Å². The molecule has 1 aliphatic carbocycles. The van der Waals surface area contributed by atoms with Gasteiger partial charge in [-0.05, 0) is 134 Å². The number of aryl methyl sites for hydroxylation is 1. The van der Waals surface area contributed by atoms with Gasteiger partial charge in [-0.1, -0.05) is 84.9 Å². The quantitative estimate of drug-likeness (QED) is 0.0291. The fourth-order valence-electron chi connectivity index (χ4n) is 6.89. The molecular formula is C52H55N3O12. The second-order valence-corrected chi connectivity index (χ2v) is 16.7. The van der Waals surface area contributed by atoms with E-state index in [-0.39, 0.29) is 32.0 Å². The largest absolute Gasteiger partial charge is 0.478 e. The number of aliphatic carboxylic acids is 1. The topological polar surface area (TPSA) is 205 Å². The molecule has 1 fully saturated rings. The van der Waals surface area contributed by atoms with Gasteiger partial charge < -0.3 is 28.8 Å². The molecule has 1 unspecified atom stereocenters. The first-order valence-electron chi connectivity index (χ1n) is 22.1. The van der Waals surface area contributed by atoms with Crippen molar-refractivity contribution in [2.45, 2.75) is 70.8 Å². The summed E-state index contributed by atoms with van der Waals surface area (Å²) in [6, 6.07) is 36.5. The first kappa shape index (κ1) is 48.8. The van der Waals surface area contributed by atoms with Gasteiger partial charge in [0.05, 0.1) is 32.7 Å². The molecule has 15 heteroatoms. The first-order chi connectivity index (χ1) is 32.3. The van der Waals surface area contributed by atoms with E-state index in [1.807, 2.05) is 85.8 Å². The lowest BCUT2D eigenvalue weighted by molar-refractivity contribution is -0.167. The van der Waals surface area contributed by atoms with Crippen molar-refractivity contribution in [3.8, 4) is 0 Å². The number of carbonyl (C=O) groups excluding carboxylic acids is 5. The van der Waals surface area contributed by atoms with Gasteiger partial charge in [0.15, 0.2) is 0 Å². The number of esters is 2. The zero-order valence-electron chi connectivity index (χ0n) is 37.5. The highest BCUT2D eigenvalue weighted by molar-refractivity contribution is 5.89. The molecule has 0 saturated heterocycles. The molecule has 1 aliphatic rings. The molecule has 5 aromatic rings. The minimum Gasteiger partial charge on any atom is -0.478 e. The van der Waals surface area contributed by atoms with Gasteiger partial charge in [0.2, 0.25) is 5.60 Å². The number of carboxylic acids is 1. The third-order valence-corrected chi connectivity index (χ3v) is 10.6. The lowest BCUT2D eigenvalue weighted by Crippen LogP contribution is -2.46. The molecule has 5 aromatic carbocycles. The van der Waals surface area contributed by atoms with Crippen LogP contribution in [-0.4, -0.2) is 73.3 Å². The van der Waals surface area contributed by atoms with Crippen molar-refractivity contribution < 1.29 is 57.6 Å². The average molecular weight is 914 g/mol. The van der Waals surface area contributed by atoms with Gasteiger partial charge in [-0.25, -0.2) is 19.2 Å². The van der Waals surface area contributed by atoms with Crippen molar-refractivity contribution in [1.29, 1.82) is 0 Å². The number of ether oxygens (including phenoxy) is 5. The lowest BCUT2D eigenvalue weighted by Gasteiger charge is -2.24. The third-order valence-electron chi connectivity index (χ3n) is 10.6. The van der Waals surface area contributed by atoms with E-state index in [9.17, 15) is 33.9 Å². The van der Waals surface area contributed by atoms with Crippen LogP contribution in [0.15, 0.2) is 121 Å². The van der Waals surface area contributed by atoms with Gasteiger partial charge in [0.25, 0.3) is 0 Å². The Morgan fingerprint density at radius 1 is 0.552 bits per heavy atom. The molecule has 4 N–H and O–H groups in total. The van der Waals surface area contributed by atoms with Crippen LogP contribution in [0.3, 0.4) is 0 Å². The Hall–Kier alpha value is -7.68. The van der Waals surface area contributed by atoms with Crippen molar-refractivity contribution in [2.75, 3.05) is 42.4 Å². The van der Waals surface area contributed by atoms with Crippen LogP contribution >= 0.6 is 0 Å². The molecule has 0 radical (unpaired) electrons. The summed E-state index contributed by atoms with van der Waals surface area (Å²) in [7, 11) is 0. The number of unbranched alkanes of at least 4 members (excludes halogenated alkanes) is 1. The van der Waals surface area contributed by atoms with Crippen molar-refractivity contribution in [1.82, 2.24) is 0 Å². The summed E-state index contributed by atoms with van der Waals surface area (Å²) in [6.45, 7) is 3.14. The highest BCUT2D eigenvalue weighted by Gasteiger charge is 2.39. The number of anilines is 3. The number of carboxylic acid groups (broad SMARTS) is 1. The molecule has 0 spiro atoms. The van der Waals surface area contributed by atoms with Gasteiger partial charge >= 0.3 is 36.2 Å². The van der Waals surface area contributed by atoms with Crippen LogP contribution in [-0.2, 0) is 63.8 Å². The molecule has 1 saturated carbocycles. The standard InChI is InChI=1S/C52H55N3O12/c1-35-10-5-17-43(24-35)53-49(60)64-23-4-3-22-63-46(56)31-41-13-6-11-37(26-41)25-38-12-7-14-42(27-38)32-47(57)66-34-52(2,48(58)59)67-51(62)55-45-19-9-16-40(30-45)28-39-15-8-18-44(29-39)54-50(61)65-33-36-20-21-36/h5-19,24,26-27,29-30,36H,3-4,20-23,25,28,31-34H2,1-2H3,(H,53,60)(H,54,61)(H,55,62)(H,58,59). The minimum absolute atomic E-state index is 0.0827. The van der Waals surface area contributed by atoms with E-state index in [2.05, 4.69) is 16.0 Å². The van der Waals surface area contributed by atoms with Crippen LogP contribution in [0.2, 0.25) is 0 Å². The Balaban J connectivity index is 0.906. The van der Waals surface area contributed by atoms with Crippen LogP contribution < -0.4 is 16.0 Å². The van der Waals surface area contributed by atoms with E-state index in [4.69, 9.17) is 23.7 Å². The van der Waals surface area contributed by atoms with Crippen LogP contribution in [0.1, 0.15) is 71.6 Å². The fourth-order valence-corrected chi connectivity index (χ4v) is 6.89. The molecule has 15 nitrogen and oxygen atoms in total. The van der Waals surface area contributed by atoms with E-state index in [1.165, 1.54) is 0 Å². The number of amides is 3. The normalized spacial score (nSPS) is 12.7. The fraction of sp³-hybridized carbons (Fsp3) is 0.308. The van der Waals surface area contributed by atoms with Crippen LogP contribution in [0.4, 0.5) is 31.4 Å². The third kappa shape index (κ3) is 17.0. The Bertz CT molecular complexity index is 2540. The lowest BCUT2D eigenvalue weighted by atomic mass is 9.99. The van der Waals surface area contributed by atoms with Crippen LogP contribution in [0, 0.1) is 12.8 Å².